The minimum absolute atomic E-state index is 0.488. The third kappa shape index (κ3) is 5.42. The van der Waals surface area contributed by atoms with Crippen LogP contribution in [0.5, 0.6) is 0 Å². The fourth-order valence-corrected chi connectivity index (χ4v) is 3.86. The Kier molecular flexibility index (Phi) is 6.65. The molecular formula is C15H24ClNOS. The SMILES string of the molecule is CCNC(CCC1CCCCO1)Cc1ccc(Cl)s1. The minimum Gasteiger partial charge on any atom is -0.378 e. The topological polar surface area (TPSA) is 21.3 Å². The van der Waals surface area contributed by atoms with Crippen LogP contribution >= 0.6 is 22.9 Å². The highest BCUT2D eigenvalue weighted by Gasteiger charge is 2.17. The second kappa shape index (κ2) is 8.25. The Balaban J connectivity index is 1.78. The van der Waals surface area contributed by atoms with E-state index in [2.05, 4.69) is 18.3 Å². The molecule has 1 saturated heterocycles. The van der Waals surface area contributed by atoms with Crippen LogP contribution in [0, 0.1) is 0 Å². The molecule has 2 heterocycles. The Morgan fingerprint density at radius 2 is 2.37 bits per heavy atom. The molecule has 19 heavy (non-hydrogen) atoms. The lowest BCUT2D eigenvalue weighted by Gasteiger charge is -2.25. The average Bonchev–Trinajstić information content (AvgIpc) is 2.83. The molecule has 1 fully saturated rings. The number of halogens is 1. The first kappa shape index (κ1) is 15.3. The summed E-state index contributed by atoms with van der Waals surface area (Å²) >= 11 is 7.70. The molecule has 2 unspecified atom stereocenters. The number of hydrogen-bond acceptors (Lipinski definition) is 3. The van der Waals surface area contributed by atoms with Crippen molar-refractivity contribution in [1.29, 1.82) is 0 Å². The molecule has 0 radical (unpaired) electrons. The molecule has 1 N–H and O–H groups in total. The van der Waals surface area contributed by atoms with Crippen molar-refractivity contribution in [3.05, 3.63) is 21.3 Å². The number of ether oxygens (including phenoxy) is 1. The Morgan fingerprint density at radius 3 is 3.00 bits per heavy atom. The molecule has 0 saturated carbocycles. The van der Waals surface area contributed by atoms with Gasteiger partial charge in [0.2, 0.25) is 0 Å². The van der Waals surface area contributed by atoms with Gasteiger partial charge in [-0.2, -0.15) is 0 Å². The maximum absolute atomic E-state index is 6.00. The molecular weight excluding hydrogens is 278 g/mol. The molecule has 1 aliphatic rings. The van der Waals surface area contributed by atoms with E-state index in [1.165, 1.54) is 37.0 Å². The fourth-order valence-electron chi connectivity index (χ4n) is 2.69. The molecule has 0 bridgehead atoms. The lowest BCUT2D eigenvalue weighted by molar-refractivity contribution is 0.00862. The Bertz CT molecular complexity index is 363. The van der Waals surface area contributed by atoms with Gasteiger partial charge in [-0.05, 0) is 57.2 Å². The molecule has 108 valence electrons. The molecule has 2 atom stereocenters. The van der Waals surface area contributed by atoms with E-state index in [1.54, 1.807) is 11.3 Å². The van der Waals surface area contributed by atoms with Gasteiger partial charge in [-0.25, -0.2) is 0 Å². The van der Waals surface area contributed by atoms with Gasteiger partial charge in [0.15, 0.2) is 0 Å². The summed E-state index contributed by atoms with van der Waals surface area (Å²) in [7, 11) is 0. The van der Waals surface area contributed by atoms with E-state index in [4.69, 9.17) is 16.3 Å². The third-order valence-corrected chi connectivity index (χ3v) is 4.93. The van der Waals surface area contributed by atoms with Gasteiger partial charge in [-0.1, -0.05) is 18.5 Å². The van der Waals surface area contributed by atoms with Crippen LogP contribution in [0.3, 0.4) is 0 Å². The Hall–Kier alpha value is -0.0900. The van der Waals surface area contributed by atoms with E-state index >= 15 is 0 Å². The predicted molar refractivity (Wildman–Crippen MR) is 83.3 cm³/mol. The normalized spacial score (nSPS) is 21.5. The van der Waals surface area contributed by atoms with Crippen LogP contribution in [-0.2, 0) is 11.2 Å². The van der Waals surface area contributed by atoms with Crippen molar-refractivity contribution in [1.82, 2.24) is 5.32 Å². The minimum atomic E-state index is 0.488. The van der Waals surface area contributed by atoms with E-state index in [-0.39, 0.29) is 0 Å². The van der Waals surface area contributed by atoms with Crippen LogP contribution in [0.15, 0.2) is 12.1 Å². The summed E-state index contributed by atoms with van der Waals surface area (Å²) in [4.78, 5) is 1.38. The van der Waals surface area contributed by atoms with Gasteiger partial charge in [0.1, 0.15) is 0 Å². The van der Waals surface area contributed by atoms with Gasteiger partial charge in [0.05, 0.1) is 10.4 Å². The zero-order valence-electron chi connectivity index (χ0n) is 11.7. The highest BCUT2D eigenvalue weighted by Crippen LogP contribution is 2.24. The van der Waals surface area contributed by atoms with Crippen molar-refractivity contribution in [3.63, 3.8) is 0 Å². The molecule has 0 amide bonds. The first-order valence-corrected chi connectivity index (χ1v) is 8.56. The number of thiophene rings is 1. The standard InChI is InChI=1S/C15H24ClNOS/c1-2-17-12(11-14-8-9-15(16)19-14)6-7-13-5-3-4-10-18-13/h8-9,12-13,17H,2-7,10-11H2,1H3. The summed E-state index contributed by atoms with van der Waals surface area (Å²) in [5.41, 5.74) is 0. The summed E-state index contributed by atoms with van der Waals surface area (Å²) in [6, 6.07) is 4.69. The summed E-state index contributed by atoms with van der Waals surface area (Å²) in [5, 5.41) is 3.59. The van der Waals surface area contributed by atoms with Crippen LogP contribution in [0.4, 0.5) is 0 Å². The smallest absolute Gasteiger partial charge is 0.0931 e. The second-order valence-electron chi connectivity index (χ2n) is 5.23. The number of likely N-dealkylation sites (N-methyl/N-ethyl adjacent to an activating group) is 1. The molecule has 0 aromatic carbocycles. The lowest BCUT2D eigenvalue weighted by Crippen LogP contribution is -2.32. The van der Waals surface area contributed by atoms with E-state index in [9.17, 15) is 0 Å². The Labute approximate surface area is 125 Å². The first-order chi connectivity index (χ1) is 9.28. The quantitative estimate of drug-likeness (QED) is 0.812. The monoisotopic (exact) mass is 301 g/mol. The predicted octanol–water partition coefficient (Wildman–Crippen LogP) is 4.27. The summed E-state index contributed by atoms with van der Waals surface area (Å²) in [5.74, 6) is 0. The molecule has 0 spiro atoms. The maximum Gasteiger partial charge on any atom is 0.0931 e. The van der Waals surface area contributed by atoms with Crippen molar-refractivity contribution in [2.75, 3.05) is 13.2 Å². The van der Waals surface area contributed by atoms with Gasteiger partial charge in [-0.15, -0.1) is 11.3 Å². The van der Waals surface area contributed by atoms with Crippen LogP contribution in [-0.4, -0.2) is 25.3 Å². The van der Waals surface area contributed by atoms with Gasteiger partial charge >= 0.3 is 0 Å². The van der Waals surface area contributed by atoms with Gasteiger partial charge in [-0.3, -0.25) is 0 Å². The summed E-state index contributed by atoms with van der Waals surface area (Å²) < 4.78 is 6.70. The van der Waals surface area contributed by atoms with Crippen LogP contribution < -0.4 is 5.32 Å². The lowest BCUT2D eigenvalue weighted by atomic mass is 9.99. The summed E-state index contributed by atoms with van der Waals surface area (Å²) in [6.45, 7) is 4.15. The van der Waals surface area contributed by atoms with Crippen LogP contribution in [0.2, 0.25) is 4.34 Å². The van der Waals surface area contributed by atoms with E-state index in [0.717, 1.165) is 23.9 Å². The highest BCUT2D eigenvalue weighted by atomic mass is 35.5. The molecule has 4 heteroatoms. The van der Waals surface area contributed by atoms with Crippen molar-refractivity contribution >= 4 is 22.9 Å². The van der Waals surface area contributed by atoms with E-state index in [1.807, 2.05) is 6.07 Å². The molecule has 1 aromatic rings. The second-order valence-corrected chi connectivity index (χ2v) is 7.03. The number of nitrogens with one attached hydrogen (secondary N) is 1. The molecule has 1 aromatic heterocycles. The molecule has 2 rings (SSSR count). The van der Waals surface area contributed by atoms with Gasteiger partial charge in [0.25, 0.3) is 0 Å². The largest absolute Gasteiger partial charge is 0.378 e. The molecule has 0 aliphatic carbocycles. The van der Waals surface area contributed by atoms with Gasteiger partial charge < -0.3 is 10.1 Å². The highest BCUT2D eigenvalue weighted by molar-refractivity contribution is 7.16. The first-order valence-electron chi connectivity index (χ1n) is 7.37. The Morgan fingerprint density at radius 1 is 1.47 bits per heavy atom. The third-order valence-electron chi connectivity index (χ3n) is 3.68. The summed E-state index contributed by atoms with van der Waals surface area (Å²) in [6.07, 6.45) is 7.74. The van der Waals surface area contributed by atoms with Crippen LogP contribution in [0.1, 0.15) is 43.9 Å². The van der Waals surface area contributed by atoms with Crippen molar-refractivity contribution in [3.8, 4) is 0 Å². The van der Waals surface area contributed by atoms with Crippen molar-refractivity contribution in [2.24, 2.45) is 0 Å². The van der Waals surface area contributed by atoms with Crippen LogP contribution in [0.25, 0.3) is 0 Å². The van der Waals surface area contributed by atoms with Crippen molar-refractivity contribution in [2.45, 2.75) is 57.6 Å². The maximum atomic E-state index is 6.00. The average molecular weight is 302 g/mol. The molecule has 1 aliphatic heterocycles. The fraction of sp³-hybridized carbons (Fsp3) is 0.733. The zero-order valence-corrected chi connectivity index (χ0v) is 13.2. The van der Waals surface area contributed by atoms with E-state index < -0.39 is 0 Å². The number of hydrogen-bond donors (Lipinski definition) is 1. The molecule has 2 nitrogen and oxygen atoms in total. The zero-order chi connectivity index (χ0) is 13.5. The van der Waals surface area contributed by atoms with Gasteiger partial charge in [0, 0.05) is 17.5 Å². The van der Waals surface area contributed by atoms with E-state index in [0.29, 0.717) is 12.1 Å². The van der Waals surface area contributed by atoms with Crippen molar-refractivity contribution < 1.29 is 4.74 Å². The number of rotatable bonds is 7.